The van der Waals surface area contributed by atoms with Crippen molar-refractivity contribution in [3.8, 4) is 0 Å². The topological polar surface area (TPSA) is 29.5 Å². The third-order valence-electron chi connectivity index (χ3n) is 7.36. The van der Waals surface area contributed by atoms with Gasteiger partial charge in [-0.15, -0.1) is 12.4 Å². The molecule has 136 valence electrons. The van der Waals surface area contributed by atoms with Gasteiger partial charge in [0.15, 0.2) is 0 Å². The fraction of sp³-hybridized carbons (Fsp3) is 0.667. The van der Waals surface area contributed by atoms with Crippen LogP contribution in [0.15, 0.2) is 30.3 Å². The van der Waals surface area contributed by atoms with Crippen molar-refractivity contribution in [1.29, 1.82) is 0 Å². The van der Waals surface area contributed by atoms with Crippen LogP contribution in [0.1, 0.15) is 44.1 Å². The van der Waals surface area contributed by atoms with Gasteiger partial charge in [-0.2, -0.15) is 0 Å². The molecule has 3 nitrogen and oxygen atoms in total. The van der Waals surface area contributed by atoms with E-state index in [2.05, 4.69) is 29.2 Å². The largest absolute Gasteiger partial charge is 0.460 e. The van der Waals surface area contributed by atoms with Crippen molar-refractivity contribution in [2.45, 2.75) is 50.0 Å². The van der Waals surface area contributed by atoms with Gasteiger partial charge in [-0.05, 0) is 68.5 Å². The maximum absolute atomic E-state index is 13.5. The fourth-order valence-corrected chi connectivity index (χ4v) is 6.07. The molecule has 0 N–H and O–H groups in total. The highest BCUT2D eigenvalue weighted by molar-refractivity contribution is 5.85. The Morgan fingerprint density at radius 3 is 2.40 bits per heavy atom. The minimum absolute atomic E-state index is 0. The molecule has 25 heavy (non-hydrogen) atoms. The van der Waals surface area contributed by atoms with Gasteiger partial charge in [0.05, 0.1) is 5.41 Å². The molecule has 6 rings (SSSR count). The van der Waals surface area contributed by atoms with Crippen LogP contribution in [0.5, 0.6) is 0 Å². The van der Waals surface area contributed by atoms with Gasteiger partial charge in [0.1, 0.15) is 6.10 Å². The summed E-state index contributed by atoms with van der Waals surface area (Å²) < 4.78 is 6.24. The summed E-state index contributed by atoms with van der Waals surface area (Å²) in [4.78, 5) is 15.9. The summed E-state index contributed by atoms with van der Waals surface area (Å²) in [5, 5.41) is 0. The Labute approximate surface area is 156 Å². The van der Waals surface area contributed by atoms with Gasteiger partial charge in [0, 0.05) is 6.54 Å². The minimum atomic E-state index is -0.365. The molecule has 3 saturated heterocycles. The zero-order valence-corrected chi connectivity index (χ0v) is 15.5. The van der Waals surface area contributed by atoms with E-state index in [4.69, 9.17) is 4.74 Å². The lowest BCUT2D eigenvalue weighted by atomic mass is 9.68. The van der Waals surface area contributed by atoms with Crippen LogP contribution < -0.4 is 0 Å². The first-order valence-corrected chi connectivity index (χ1v) is 9.74. The summed E-state index contributed by atoms with van der Waals surface area (Å²) in [6.45, 7) is 3.33. The summed E-state index contributed by atoms with van der Waals surface area (Å²) in [6.07, 6.45) is 7.22. The van der Waals surface area contributed by atoms with Crippen LogP contribution in [-0.4, -0.2) is 36.6 Å². The summed E-state index contributed by atoms with van der Waals surface area (Å²) in [5.74, 6) is 1.87. The molecule has 3 heterocycles. The second kappa shape index (κ2) is 6.59. The van der Waals surface area contributed by atoms with E-state index in [9.17, 15) is 4.79 Å². The van der Waals surface area contributed by atoms with Crippen molar-refractivity contribution in [2.75, 3.05) is 19.6 Å². The van der Waals surface area contributed by atoms with Crippen LogP contribution in [0.4, 0.5) is 0 Å². The number of esters is 1. The summed E-state index contributed by atoms with van der Waals surface area (Å²) >= 11 is 0. The van der Waals surface area contributed by atoms with Crippen LogP contribution in [0.2, 0.25) is 0 Å². The van der Waals surface area contributed by atoms with Crippen LogP contribution in [-0.2, 0) is 14.9 Å². The third-order valence-corrected chi connectivity index (χ3v) is 7.36. The van der Waals surface area contributed by atoms with Crippen LogP contribution in [0, 0.1) is 17.8 Å². The van der Waals surface area contributed by atoms with Gasteiger partial charge in [-0.25, -0.2) is 0 Å². The maximum atomic E-state index is 13.5. The molecule has 5 fully saturated rings. The number of carbonyl (C=O) groups is 1. The van der Waals surface area contributed by atoms with Gasteiger partial charge in [-0.1, -0.05) is 36.8 Å². The fourth-order valence-electron chi connectivity index (χ4n) is 6.07. The first-order chi connectivity index (χ1) is 11.8. The van der Waals surface area contributed by atoms with E-state index < -0.39 is 0 Å². The number of benzene rings is 1. The highest BCUT2D eigenvalue weighted by Gasteiger charge is 2.58. The van der Waals surface area contributed by atoms with Crippen molar-refractivity contribution in [3.05, 3.63) is 35.9 Å². The Morgan fingerprint density at radius 1 is 1.08 bits per heavy atom. The van der Waals surface area contributed by atoms with E-state index in [1.165, 1.54) is 50.8 Å². The van der Waals surface area contributed by atoms with Gasteiger partial charge in [0.2, 0.25) is 0 Å². The number of nitrogens with zero attached hydrogens (tertiary/aromatic N) is 1. The zero-order chi connectivity index (χ0) is 16.1. The molecule has 4 unspecified atom stereocenters. The van der Waals surface area contributed by atoms with Gasteiger partial charge in [-0.3, -0.25) is 9.69 Å². The second-order valence-corrected chi connectivity index (χ2v) is 8.50. The molecular weight excluding hydrogens is 334 g/mol. The molecule has 0 aromatic heterocycles. The van der Waals surface area contributed by atoms with Crippen LogP contribution >= 0.6 is 12.4 Å². The van der Waals surface area contributed by atoms with Gasteiger partial charge in [0.25, 0.3) is 0 Å². The zero-order valence-electron chi connectivity index (χ0n) is 14.7. The first kappa shape index (κ1) is 17.4. The smallest absolute Gasteiger partial charge is 0.317 e. The van der Waals surface area contributed by atoms with E-state index in [0.29, 0.717) is 17.8 Å². The average molecular weight is 362 g/mol. The lowest BCUT2D eigenvalue weighted by molar-refractivity contribution is -0.168. The average Bonchev–Trinajstić information content (AvgIpc) is 3.25. The molecule has 0 radical (unpaired) electrons. The predicted molar refractivity (Wildman–Crippen MR) is 99.9 cm³/mol. The van der Waals surface area contributed by atoms with Crippen LogP contribution in [0.25, 0.3) is 0 Å². The Balaban J connectivity index is 0.00000157. The van der Waals surface area contributed by atoms with Crippen LogP contribution in [0.3, 0.4) is 0 Å². The standard InChI is InChI=1S/C21H27NO2.ClH/c23-20(24-19-14-22-10-8-16(19)9-11-22)21(17-4-2-1-3-5-17)13-15-6-7-18(21)12-15;/h1-5,15-16,18-19H,6-14H2;1H. The van der Waals surface area contributed by atoms with E-state index in [1.807, 2.05) is 6.07 Å². The molecule has 2 aliphatic carbocycles. The monoisotopic (exact) mass is 361 g/mol. The quantitative estimate of drug-likeness (QED) is 0.767. The van der Waals surface area contributed by atoms with E-state index in [0.717, 1.165) is 13.0 Å². The predicted octanol–water partition coefficient (Wildman–Crippen LogP) is 3.80. The maximum Gasteiger partial charge on any atom is 0.317 e. The molecule has 2 saturated carbocycles. The molecule has 4 atom stereocenters. The lowest BCUT2D eigenvalue weighted by Crippen LogP contribution is -2.54. The summed E-state index contributed by atoms with van der Waals surface area (Å²) in [5.41, 5.74) is 0.833. The highest BCUT2D eigenvalue weighted by Crippen LogP contribution is 2.57. The van der Waals surface area contributed by atoms with E-state index in [-0.39, 0.29) is 29.9 Å². The SMILES string of the molecule is Cl.O=C(OC1CN2CCC1CC2)C1(c2ccccc2)CC2CCC1C2. The number of ether oxygens (including phenoxy) is 1. The van der Waals surface area contributed by atoms with Crippen molar-refractivity contribution < 1.29 is 9.53 Å². The number of halogens is 1. The number of hydrogen-bond donors (Lipinski definition) is 0. The number of hydrogen-bond acceptors (Lipinski definition) is 3. The molecular formula is C21H28ClNO2. The molecule has 0 spiro atoms. The number of piperidine rings is 3. The second-order valence-electron chi connectivity index (χ2n) is 8.50. The summed E-state index contributed by atoms with van der Waals surface area (Å²) in [7, 11) is 0. The van der Waals surface area contributed by atoms with Crippen molar-refractivity contribution in [1.82, 2.24) is 4.90 Å². The first-order valence-electron chi connectivity index (χ1n) is 9.74. The Bertz CT molecular complexity index is 628. The van der Waals surface area contributed by atoms with Gasteiger partial charge >= 0.3 is 5.97 Å². The van der Waals surface area contributed by atoms with Gasteiger partial charge < -0.3 is 4.74 Å². The van der Waals surface area contributed by atoms with Crippen molar-refractivity contribution in [2.24, 2.45) is 17.8 Å². The Kier molecular flexibility index (Phi) is 4.57. The van der Waals surface area contributed by atoms with Crippen molar-refractivity contribution in [3.63, 3.8) is 0 Å². The summed E-state index contributed by atoms with van der Waals surface area (Å²) in [6, 6.07) is 10.5. The Morgan fingerprint density at radius 2 is 1.84 bits per heavy atom. The Hall–Kier alpha value is -1.06. The number of carbonyl (C=O) groups excluding carboxylic acids is 1. The number of rotatable bonds is 3. The molecule has 1 aromatic rings. The molecule has 5 aliphatic rings. The molecule has 4 bridgehead atoms. The normalized spacial score (nSPS) is 41.4. The molecule has 0 amide bonds. The minimum Gasteiger partial charge on any atom is -0.460 e. The number of fused-ring (bicyclic) bond motifs is 5. The van der Waals surface area contributed by atoms with E-state index >= 15 is 0 Å². The lowest BCUT2D eigenvalue weighted by Gasteiger charge is -2.45. The highest BCUT2D eigenvalue weighted by atomic mass is 35.5. The molecule has 4 heteroatoms. The van der Waals surface area contributed by atoms with E-state index in [1.54, 1.807) is 0 Å². The molecule has 3 aliphatic heterocycles. The van der Waals surface area contributed by atoms with Crippen molar-refractivity contribution >= 4 is 18.4 Å². The molecule has 1 aromatic carbocycles. The third kappa shape index (κ3) is 2.71.